The number of nitrogens with one attached hydrogen (secondary N) is 2. The van der Waals surface area contributed by atoms with Crippen LogP contribution in [0.3, 0.4) is 0 Å². The summed E-state index contributed by atoms with van der Waals surface area (Å²) < 4.78 is 5.19. The molecule has 0 radical (unpaired) electrons. The van der Waals surface area contributed by atoms with Crippen molar-refractivity contribution in [3.63, 3.8) is 0 Å². The van der Waals surface area contributed by atoms with Crippen molar-refractivity contribution in [3.05, 3.63) is 24.2 Å². The molecule has 0 fully saturated rings. The first-order valence-corrected chi connectivity index (χ1v) is 6.70. The third-order valence-electron chi connectivity index (χ3n) is 2.78. The molecule has 2 atom stereocenters. The number of furan rings is 1. The smallest absolute Gasteiger partial charge is 0.326 e. The Balaban J connectivity index is 2.42. The van der Waals surface area contributed by atoms with Crippen LogP contribution in [0.15, 0.2) is 22.8 Å². The van der Waals surface area contributed by atoms with Crippen molar-refractivity contribution in [1.29, 1.82) is 0 Å². The van der Waals surface area contributed by atoms with Crippen molar-refractivity contribution < 1.29 is 19.1 Å². The number of carboxylic acids is 1. The van der Waals surface area contributed by atoms with Gasteiger partial charge in [-0.25, -0.2) is 9.59 Å². The summed E-state index contributed by atoms with van der Waals surface area (Å²) in [4.78, 5) is 22.8. The minimum Gasteiger partial charge on any atom is -0.480 e. The number of carboxylic acid groups (broad SMARTS) is 1. The summed E-state index contributed by atoms with van der Waals surface area (Å²) in [6.07, 6.45) is 2.53. The highest BCUT2D eigenvalue weighted by Gasteiger charge is 2.21. The molecule has 0 aliphatic carbocycles. The van der Waals surface area contributed by atoms with Gasteiger partial charge in [-0.1, -0.05) is 13.8 Å². The van der Waals surface area contributed by atoms with Crippen LogP contribution in [0.2, 0.25) is 0 Å². The Morgan fingerprint density at radius 2 is 2.00 bits per heavy atom. The molecule has 0 saturated heterocycles. The zero-order valence-corrected chi connectivity index (χ0v) is 12.1. The maximum Gasteiger partial charge on any atom is 0.326 e. The number of hydrogen-bond acceptors (Lipinski definition) is 3. The molecule has 0 aliphatic heterocycles. The summed E-state index contributed by atoms with van der Waals surface area (Å²) in [5.41, 5.74) is 0. The predicted octanol–water partition coefficient (Wildman–Crippen LogP) is 2.01. The van der Waals surface area contributed by atoms with Gasteiger partial charge in [0.1, 0.15) is 11.8 Å². The lowest BCUT2D eigenvalue weighted by atomic mass is 10.0. The summed E-state index contributed by atoms with van der Waals surface area (Å²) in [6.45, 7) is 5.66. The molecule has 1 rings (SSSR count). The van der Waals surface area contributed by atoms with Gasteiger partial charge in [-0.05, 0) is 31.4 Å². The highest BCUT2D eigenvalue weighted by atomic mass is 16.4. The van der Waals surface area contributed by atoms with E-state index in [0.29, 0.717) is 12.8 Å². The van der Waals surface area contributed by atoms with E-state index in [4.69, 9.17) is 9.52 Å². The van der Waals surface area contributed by atoms with Crippen LogP contribution in [-0.2, 0) is 11.2 Å². The topological polar surface area (TPSA) is 91.6 Å². The molecular weight excluding hydrogens is 260 g/mol. The van der Waals surface area contributed by atoms with Gasteiger partial charge in [0.15, 0.2) is 0 Å². The predicted molar refractivity (Wildman–Crippen MR) is 74.4 cm³/mol. The second-order valence-corrected chi connectivity index (χ2v) is 5.32. The van der Waals surface area contributed by atoms with Gasteiger partial charge in [0.2, 0.25) is 0 Å². The maximum atomic E-state index is 11.8. The number of aliphatic carboxylic acids is 1. The first-order chi connectivity index (χ1) is 9.38. The summed E-state index contributed by atoms with van der Waals surface area (Å²) in [6, 6.07) is 2.12. The van der Waals surface area contributed by atoms with Gasteiger partial charge in [0.05, 0.1) is 6.26 Å². The quantitative estimate of drug-likeness (QED) is 0.713. The van der Waals surface area contributed by atoms with Gasteiger partial charge in [-0.3, -0.25) is 0 Å². The van der Waals surface area contributed by atoms with E-state index in [1.165, 1.54) is 0 Å². The average Bonchev–Trinajstić information content (AvgIpc) is 2.79. The fourth-order valence-corrected chi connectivity index (χ4v) is 1.90. The third-order valence-corrected chi connectivity index (χ3v) is 2.78. The van der Waals surface area contributed by atoms with E-state index >= 15 is 0 Å². The molecule has 112 valence electrons. The van der Waals surface area contributed by atoms with Crippen molar-refractivity contribution >= 4 is 12.0 Å². The number of hydrogen-bond donors (Lipinski definition) is 3. The molecular formula is C14H22N2O4. The SMILES string of the molecule is CC(C)C[C@@H](NC(=O)NC(C)Cc1ccco1)C(=O)O. The van der Waals surface area contributed by atoms with E-state index in [2.05, 4.69) is 10.6 Å². The van der Waals surface area contributed by atoms with E-state index in [9.17, 15) is 9.59 Å². The van der Waals surface area contributed by atoms with E-state index in [1.807, 2.05) is 26.8 Å². The molecule has 0 bridgehead atoms. The van der Waals surface area contributed by atoms with Crippen LogP contribution in [0.1, 0.15) is 33.0 Å². The van der Waals surface area contributed by atoms with Gasteiger partial charge in [-0.2, -0.15) is 0 Å². The van der Waals surface area contributed by atoms with Crippen LogP contribution >= 0.6 is 0 Å². The van der Waals surface area contributed by atoms with E-state index in [1.54, 1.807) is 12.3 Å². The summed E-state index contributed by atoms with van der Waals surface area (Å²) in [5.74, 6) is -0.0563. The Morgan fingerprint density at radius 3 is 2.50 bits per heavy atom. The van der Waals surface area contributed by atoms with Crippen LogP contribution in [0.25, 0.3) is 0 Å². The Kier molecular flexibility index (Phi) is 6.09. The largest absolute Gasteiger partial charge is 0.480 e. The molecule has 1 aromatic heterocycles. The molecule has 1 aromatic rings. The highest BCUT2D eigenvalue weighted by molar-refractivity contribution is 5.82. The second kappa shape index (κ2) is 7.57. The van der Waals surface area contributed by atoms with Crippen molar-refractivity contribution in [2.24, 2.45) is 5.92 Å². The lowest BCUT2D eigenvalue weighted by Gasteiger charge is -2.19. The van der Waals surface area contributed by atoms with E-state index in [-0.39, 0.29) is 12.0 Å². The number of carbonyl (C=O) groups excluding carboxylic acids is 1. The number of amides is 2. The first-order valence-electron chi connectivity index (χ1n) is 6.70. The minimum atomic E-state index is -1.02. The maximum absolute atomic E-state index is 11.8. The van der Waals surface area contributed by atoms with Crippen LogP contribution < -0.4 is 10.6 Å². The summed E-state index contributed by atoms with van der Waals surface area (Å²) in [5, 5.41) is 14.2. The third kappa shape index (κ3) is 5.77. The van der Waals surface area contributed by atoms with Gasteiger partial charge in [-0.15, -0.1) is 0 Å². The molecule has 20 heavy (non-hydrogen) atoms. The number of rotatable bonds is 7. The first kappa shape index (κ1) is 16.1. The molecule has 0 spiro atoms. The lowest BCUT2D eigenvalue weighted by molar-refractivity contribution is -0.139. The molecule has 3 N–H and O–H groups in total. The van der Waals surface area contributed by atoms with Crippen molar-refractivity contribution in [2.75, 3.05) is 0 Å². The van der Waals surface area contributed by atoms with Gasteiger partial charge in [0, 0.05) is 12.5 Å². The van der Waals surface area contributed by atoms with Crippen molar-refractivity contribution in [1.82, 2.24) is 10.6 Å². The van der Waals surface area contributed by atoms with Gasteiger partial charge in [0.25, 0.3) is 0 Å². The lowest BCUT2D eigenvalue weighted by Crippen LogP contribution is -2.49. The van der Waals surface area contributed by atoms with Crippen molar-refractivity contribution in [3.8, 4) is 0 Å². The second-order valence-electron chi connectivity index (χ2n) is 5.32. The van der Waals surface area contributed by atoms with Gasteiger partial charge >= 0.3 is 12.0 Å². The Labute approximate surface area is 118 Å². The van der Waals surface area contributed by atoms with Crippen LogP contribution in [-0.4, -0.2) is 29.2 Å². The zero-order valence-electron chi connectivity index (χ0n) is 12.1. The van der Waals surface area contributed by atoms with E-state index < -0.39 is 18.0 Å². The molecule has 0 aromatic carbocycles. The van der Waals surface area contributed by atoms with E-state index in [0.717, 1.165) is 5.76 Å². The monoisotopic (exact) mass is 282 g/mol. The molecule has 0 aliphatic rings. The number of urea groups is 1. The molecule has 1 heterocycles. The van der Waals surface area contributed by atoms with Crippen LogP contribution in [0, 0.1) is 5.92 Å². The minimum absolute atomic E-state index is 0.144. The number of carbonyl (C=O) groups is 2. The normalized spacial score (nSPS) is 13.8. The van der Waals surface area contributed by atoms with Crippen LogP contribution in [0.5, 0.6) is 0 Å². The summed E-state index contributed by atoms with van der Waals surface area (Å²) >= 11 is 0. The Morgan fingerprint density at radius 1 is 1.30 bits per heavy atom. The molecule has 2 amide bonds. The average molecular weight is 282 g/mol. The molecule has 1 unspecified atom stereocenters. The molecule has 6 heteroatoms. The Hall–Kier alpha value is -1.98. The van der Waals surface area contributed by atoms with Crippen molar-refractivity contribution in [2.45, 2.75) is 45.7 Å². The highest BCUT2D eigenvalue weighted by Crippen LogP contribution is 2.06. The van der Waals surface area contributed by atoms with Gasteiger partial charge < -0.3 is 20.2 Å². The Bertz CT molecular complexity index is 428. The standard InChI is InChI=1S/C14H22N2O4/c1-9(2)7-12(13(17)18)16-14(19)15-10(3)8-11-5-4-6-20-11/h4-6,9-10,12H,7-8H2,1-3H3,(H,17,18)(H2,15,16,19)/t10?,12-/m1/s1. The zero-order chi connectivity index (χ0) is 15.1. The summed E-state index contributed by atoms with van der Waals surface area (Å²) in [7, 11) is 0. The molecule has 6 nitrogen and oxygen atoms in total. The van der Waals surface area contributed by atoms with Crippen LogP contribution in [0.4, 0.5) is 4.79 Å². The fraction of sp³-hybridized carbons (Fsp3) is 0.571. The molecule has 0 saturated carbocycles. The fourth-order valence-electron chi connectivity index (χ4n) is 1.90.